The summed E-state index contributed by atoms with van der Waals surface area (Å²) < 4.78 is 23.7. The first-order valence-corrected chi connectivity index (χ1v) is 19.2. The summed E-state index contributed by atoms with van der Waals surface area (Å²) in [6, 6.07) is 7.18. The van der Waals surface area contributed by atoms with Crippen LogP contribution in [-0.2, 0) is 33.3 Å². The number of hydrogen-bond acceptors (Lipinski definition) is 9. The summed E-state index contributed by atoms with van der Waals surface area (Å²) >= 11 is 0. The summed E-state index contributed by atoms with van der Waals surface area (Å²) in [5.41, 5.74) is -0.818. The topological polar surface area (TPSA) is 162 Å². The van der Waals surface area contributed by atoms with Crippen LogP contribution in [0.5, 0.6) is 0 Å². The summed E-state index contributed by atoms with van der Waals surface area (Å²) in [6.07, 6.45) is 2.55. The lowest BCUT2D eigenvalue weighted by atomic mass is 9.62. The molecule has 2 aliphatic carbocycles. The molecule has 1 unspecified atom stereocenters. The van der Waals surface area contributed by atoms with Crippen molar-refractivity contribution < 1.29 is 43.2 Å². The van der Waals surface area contributed by atoms with Gasteiger partial charge in [0.2, 0.25) is 11.8 Å². The van der Waals surface area contributed by atoms with Gasteiger partial charge in [-0.1, -0.05) is 58.0 Å². The van der Waals surface area contributed by atoms with Crippen LogP contribution in [-0.4, -0.2) is 77.9 Å². The van der Waals surface area contributed by atoms with Crippen LogP contribution in [0.2, 0.25) is 0 Å². The van der Waals surface area contributed by atoms with Crippen LogP contribution in [0.4, 0.5) is 4.79 Å². The van der Waals surface area contributed by atoms with E-state index < -0.39 is 41.7 Å². The number of alkyl carbamates (subject to hydrolysis) is 1. The number of rotatable bonds is 5. The number of aliphatic hydroxyl groups is 1. The third kappa shape index (κ3) is 9.65. The van der Waals surface area contributed by atoms with Crippen LogP contribution < -0.4 is 16.0 Å². The first kappa shape index (κ1) is 40.0. The van der Waals surface area contributed by atoms with Crippen molar-refractivity contribution in [3.05, 3.63) is 35.9 Å². The van der Waals surface area contributed by atoms with Gasteiger partial charge in [0.1, 0.15) is 11.7 Å². The predicted molar refractivity (Wildman–Crippen MR) is 194 cm³/mol. The third-order valence-corrected chi connectivity index (χ3v) is 12.1. The van der Waals surface area contributed by atoms with Crippen molar-refractivity contribution in [2.75, 3.05) is 13.2 Å². The van der Waals surface area contributed by atoms with E-state index in [2.05, 4.69) is 43.6 Å². The Morgan fingerprint density at radius 1 is 0.865 bits per heavy atom. The average Bonchev–Trinajstić information content (AvgIpc) is 3.51. The second-order valence-corrected chi connectivity index (χ2v) is 17.6. The average molecular weight is 728 g/mol. The van der Waals surface area contributed by atoms with Gasteiger partial charge in [-0.15, -0.1) is 0 Å². The van der Waals surface area contributed by atoms with Crippen LogP contribution in [0.3, 0.4) is 0 Å². The van der Waals surface area contributed by atoms with Gasteiger partial charge in [-0.2, -0.15) is 0 Å². The Balaban J connectivity index is 1.31. The van der Waals surface area contributed by atoms with E-state index >= 15 is 0 Å². The standard InChI is InChI=1S/C40H61N3O9/c1-37(2,3)52-36(48)43-33(25-13-9-8-10-14-25)34(46)35(47)51-28-21-26-15-11-17-32(45)42-30-24-40(49-19-20-50-40)23-27(39(30,6)7)16-12-18-31(44)41-29(22-28)38(26,4)5/h8-10,13-14,26-30,33-34,46H,11-12,15-24H2,1-7H3,(H,41,44)(H,42,45)(H,43,48)/t26-,27-,28?,29-,30-,33+,34-/m1/s1. The molecule has 5 rings (SSSR count). The summed E-state index contributed by atoms with van der Waals surface area (Å²) in [5.74, 6) is -1.44. The Kier molecular flexibility index (Phi) is 12.3. The fraction of sp³-hybridized carbons (Fsp3) is 0.750. The minimum Gasteiger partial charge on any atom is -0.460 e. The molecule has 290 valence electrons. The normalized spacial score (nSPS) is 30.3. The molecule has 4 aliphatic rings. The molecule has 4 N–H and O–H groups in total. The van der Waals surface area contributed by atoms with Crippen molar-refractivity contribution in [1.29, 1.82) is 0 Å². The fourth-order valence-electron chi connectivity index (χ4n) is 8.78. The molecule has 1 aromatic rings. The highest BCUT2D eigenvalue weighted by Crippen LogP contribution is 2.50. The zero-order valence-corrected chi connectivity index (χ0v) is 32.1. The van der Waals surface area contributed by atoms with E-state index in [9.17, 15) is 24.3 Å². The largest absolute Gasteiger partial charge is 0.460 e. The number of benzene rings is 1. The molecule has 4 fully saturated rings. The molecule has 12 nitrogen and oxygen atoms in total. The second kappa shape index (κ2) is 16.0. The molecular weight excluding hydrogens is 666 g/mol. The van der Waals surface area contributed by atoms with Crippen LogP contribution in [0, 0.1) is 22.7 Å². The van der Waals surface area contributed by atoms with Crippen LogP contribution in [0.1, 0.15) is 124 Å². The second-order valence-electron chi connectivity index (χ2n) is 17.6. The van der Waals surface area contributed by atoms with Crippen LogP contribution in [0.25, 0.3) is 0 Å². The van der Waals surface area contributed by atoms with E-state index in [0.29, 0.717) is 70.1 Å². The number of esters is 1. The van der Waals surface area contributed by atoms with E-state index in [0.717, 1.165) is 12.8 Å². The van der Waals surface area contributed by atoms with Gasteiger partial charge >= 0.3 is 12.1 Å². The molecule has 2 saturated heterocycles. The highest BCUT2D eigenvalue weighted by atomic mass is 16.7. The lowest BCUT2D eigenvalue weighted by Gasteiger charge is -2.51. The van der Waals surface area contributed by atoms with Crippen molar-refractivity contribution in [3.63, 3.8) is 0 Å². The molecule has 2 aliphatic heterocycles. The van der Waals surface area contributed by atoms with Crippen LogP contribution >= 0.6 is 0 Å². The number of hydrogen-bond donors (Lipinski definition) is 4. The molecule has 52 heavy (non-hydrogen) atoms. The molecule has 0 radical (unpaired) electrons. The molecular formula is C40H61N3O9. The quantitative estimate of drug-likeness (QED) is 0.289. The Labute approximate surface area is 308 Å². The van der Waals surface area contributed by atoms with E-state index in [1.165, 1.54) is 0 Å². The zero-order chi connectivity index (χ0) is 37.9. The Morgan fingerprint density at radius 3 is 2.06 bits per heavy atom. The minimum atomic E-state index is -1.71. The zero-order valence-electron chi connectivity index (χ0n) is 32.1. The van der Waals surface area contributed by atoms with Crippen molar-refractivity contribution in [3.8, 4) is 0 Å². The molecule has 1 aromatic carbocycles. The van der Waals surface area contributed by atoms with Crippen molar-refractivity contribution in [2.24, 2.45) is 22.7 Å². The summed E-state index contributed by atoms with van der Waals surface area (Å²) in [4.78, 5) is 53.4. The van der Waals surface area contributed by atoms with E-state index in [4.69, 9.17) is 18.9 Å². The Morgan fingerprint density at radius 2 is 1.44 bits per heavy atom. The number of fused-ring (bicyclic) bond motifs is 4. The van der Waals surface area contributed by atoms with Gasteiger partial charge in [0.25, 0.3) is 0 Å². The van der Waals surface area contributed by atoms with Gasteiger partial charge in [0.05, 0.1) is 19.3 Å². The number of ether oxygens (including phenoxy) is 4. The van der Waals surface area contributed by atoms with Gasteiger partial charge in [-0.05, 0) is 81.1 Å². The number of nitrogens with one attached hydrogen (secondary N) is 3. The smallest absolute Gasteiger partial charge is 0.408 e. The van der Waals surface area contributed by atoms with Crippen molar-refractivity contribution in [2.45, 2.75) is 154 Å². The highest BCUT2D eigenvalue weighted by Gasteiger charge is 2.53. The molecule has 3 amide bonds. The maximum atomic E-state index is 13.6. The summed E-state index contributed by atoms with van der Waals surface area (Å²) in [7, 11) is 0. The molecule has 7 atom stereocenters. The number of aliphatic hydroxyl groups excluding tert-OH is 1. The molecule has 2 heterocycles. The predicted octanol–water partition coefficient (Wildman–Crippen LogP) is 5.46. The molecule has 1 spiro atoms. The van der Waals surface area contributed by atoms with Crippen LogP contribution in [0.15, 0.2) is 30.3 Å². The lowest BCUT2D eigenvalue weighted by Crippen LogP contribution is -2.58. The Bertz CT molecular complexity index is 1420. The number of carbonyl (C=O) groups excluding carboxylic acids is 4. The maximum Gasteiger partial charge on any atom is 0.408 e. The van der Waals surface area contributed by atoms with E-state index in [-0.39, 0.29) is 46.6 Å². The maximum absolute atomic E-state index is 13.6. The van der Waals surface area contributed by atoms with Gasteiger partial charge in [-0.25, -0.2) is 9.59 Å². The van der Waals surface area contributed by atoms with Gasteiger partial charge in [-0.3, -0.25) is 9.59 Å². The highest BCUT2D eigenvalue weighted by molar-refractivity contribution is 5.78. The number of amides is 3. The van der Waals surface area contributed by atoms with Crippen molar-refractivity contribution >= 4 is 23.9 Å². The molecule has 0 aromatic heterocycles. The summed E-state index contributed by atoms with van der Waals surface area (Å²) in [5, 5.41) is 20.6. The van der Waals surface area contributed by atoms with E-state index in [1.807, 2.05) is 0 Å². The molecule has 4 bridgehead atoms. The first-order valence-electron chi connectivity index (χ1n) is 19.2. The fourth-order valence-corrected chi connectivity index (χ4v) is 8.78. The SMILES string of the molecule is CC(C)(C)OC(=O)N[C@@H](c1ccccc1)[C@@H](O)C(=O)OC1C[C@H]2CCCC(=O)N[C@@H]3CC4(C[C@@H](CCCC(=O)N[C@H](C1)C2(C)C)C3(C)C)OCCO4. The minimum absolute atomic E-state index is 0.00562. The Hall–Kier alpha value is -3.22. The third-order valence-electron chi connectivity index (χ3n) is 12.1. The van der Waals surface area contributed by atoms with Crippen molar-refractivity contribution in [1.82, 2.24) is 16.0 Å². The monoisotopic (exact) mass is 727 g/mol. The summed E-state index contributed by atoms with van der Waals surface area (Å²) in [6.45, 7) is 14.9. The molecule has 2 saturated carbocycles. The lowest BCUT2D eigenvalue weighted by molar-refractivity contribution is -0.213. The van der Waals surface area contributed by atoms with Gasteiger partial charge in [0, 0.05) is 44.2 Å². The first-order chi connectivity index (χ1) is 24.4. The molecule has 12 heteroatoms. The number of carbonyl (C=O) groups is 4. The van der Waals surface area contributed by atoms with Gasteiger partial charge in [0.15, 0.2) is 11.9 Å². The van der Waals surface area contributed by atoms with Gasteiger partial charge < -0.3 is 40.0 Å². The van der Waals surface area contributed by atoms with E-state index in [1.54, 1.807) is 51.1 Å².